The molecule has 1 aromatic heterocycles. The minimum atomic E-state index is 0.479. The molecule has 0 spiro atoms. The molecule has 3 heterocycles. The summed E-state index contributed by atoms with van der Waals surface area (Å²) < 4.78 is 0. The molecule has 1 atom stereocenters. The highest BCUT2D eigenvalue weighted by Crippen LogP contribution is 2.22. The lowest BCUT2D eigenvalue weighted by molar-refractivity contribution is 0.474. The average molecular weight is 241 g/mol. The molecule has 0 fully saturated rings. The molecule has 3 heteroatoms. The van der Waals surface area contributed by atoms with Crippen LogP contribution in [0.2, 0.25) is 0 Å². The fourth-order valence-electron chi connectivity index (χ4n) is 2.01. The van der Waals surface area contributed by atoms with Crippen molar-refractivity contribution in [1.82, 2.24) is 9.88 Å². The van der Waals surface area contributed by atoms with E-state index in [0.29, 0.717) is 6.04 Å². The van der Waals surface area contributed by atoms with Gasteiger partial charge in [-0.1, -0.05) is 19.9 Å². The maximum Gasteiger partial charge on any atom is 0.128 e. The third-order valence-electron chi connectivity index (χ3n) is 2.92. The molecule has 94 valence electrons. The number of aromatic nitrogens is 1. The lowest BCUT2D eigenvalue weighted by atomic mass is 10.1. The second kappa shape index (κ2) is 5.63. The normalized spacial score (nSPS) is 20.6. The highest BCUT2D eigenvalue weighted by molar-refractivity contribution is 6.04. The van der Waals surface area contributed by atoms with Gasteiger partial charge in [0.1, 0.15) is 5.84 Å². The van der Waals surface area contributed by atoms with Crippen LogP contribution in [0.15, 0.2) is 47.7 Å². The van der Waals surface area contributed by atoms with Gasteiger partial charge in [-0.3, -0.25) is 9.98 Å². The fourth-order valence-corrected chi connectivity index (χ4v) is 2.01. The minimum absolute atomic E-state index is 0.479. The van der Waals surface area contributed by atoms with E-state index < -0.39 is 0 Å². The Balaban J connectivity index is 0.000000574. The van der Waals surface area contributed by atoms with E-state index >= 15 is 0 Å². The molecule has 3 nitrogen and oxygen atoms in total. The van der Waals surface area contributed by atoms with Gasteiger partial charge in [0.05, 0.1) is 18.3 Å². The number of nitrogens with zero attached hydrogens (tertiary/aromatic N) is 3. The van der Waals surface area contributed by atoms with E-state index in [1.165, 1.54) is 0 Å². The van der Waals surface area contributed by atoms with Crippen LogP contribution in [0.25, 0.3) is 5.57 Å². The zero-order valence-electron chi connectivity index (χ0n) is 11.2. The Labute approximate surface area is 109 Å². The molecule has 0 aromatic carbocycles. The molecule has 0 aliphatic carbocycles. The van der Waals surface area contributed by atoms with Gasteiger partial charge in [0.25, 0.3) is 0 Å². The van der Waals surface area contributed by atoms with Crippen LogP contribution in [-0.4, -0.2) is 28.3 Å². The van der Waals surface area contributed by atoms with Crippen molar-refractivity contribution < 1.29 is 0 Å². The molecule has 0 saturated heterocycles. The van der Waals surface area contributed by atoms with Crippen molar-refractivity contribution in [2.45, 2.75) is 26.8 Å². The Morgan fingerprint density at radius 1 is 1.28 bits per heavy atom. The summed E-state index contributed by atoms with van der Waals surface area (Å²) in [5, 5.41) is 0. The number of amidine groups is 1. The van der Waals surface area contributed by atoms with Crippen molar-refractivity contribution in [3.05, 3.63) is 48.4 Å². The number of aliphatic imine (C=N–C) groups is 1. The number of pyridine rings is 1. The van der Waals surface area contributed by atoms with Crippen LogP contribution in [0.4, 0.5) is 0 Å². The van der Waals surface area contributed by atoms with Crippen LogP contribution in [-0.2, 0) is 0 Å². The molecule has 1 aromatic rings. The van der Waals surface area contributed by atoms with Gasteiger partial charge in [-0.25, -0.2) is 0 Å². The third-order valence-corrected chi connectivity index (χ3v) is 2.92. The molecule has 2 aliphatic rings. The Kier molecular flexibility index (Phi) is 3.92. The highest BCUT2D eigenvalue weighted by atomic mass is 15.3. The molecular formula is C15H19N3. The fraction of sp³-hybridized carbons (Fsp3) is 0.333. The van der Waals surface area contributed by atoms with Gasteiger partial charge in [0.2, 0.25) is 0 Å². The summed E-state index contributed by atoms with van der Waals surface area (Å²) in [7, 11) is 0. The zero-order valence-corrected chi connectivity index (χ0v) is 11.2. The van der Waals surface area contributed by atoms with E-state index in [9.17, 15) is 0 Å². The predicted molar refractivity (Wildman–Crippen MR) is 76.3 cm³/mol. The summed E-state index contributed by atoms with van der Waals surface area (Å²) >= 11 is 0. The van der Waals surface area contributed by atoms with Gasteiger partial charge >= 0.3 is 0 Å². The van der Waals surface area contributed by atoms with Gasteiger partial charge in [-0.05, 0) is 31.2 Å². The van der Waals surface area contributed by atoms with Crippen molar-refractivity contribution in [3.8, 4) is 0 Å². The van der Waals surface area contributed by atoms with Crippen LogP contribution in [0.5, 0.6) is 0 Å². The first-order valence-corrected chi connectivity index (χ1v) is 6.49. The Bertz CT molecular complexity index is 486. The van der Waals surface area contributed by atoms with Gasteiger partial charge in [0, 0.05) is 18.0 Å². The SMILES string of the molecule is CC.CC1CN=C2C=C(c3ccccn3)C=CN21. The van der Waals surface area contributed by atoms with E-state index in [0.717, 1.165) is 23.6 Å². The molecule has 0 amide bonds. The van der Waals surface area contributed by atoms with Crippen LogP contribution in [0, 0.1) is 0 Å². The van der Waals surface area contributed by atoms with Gasteiger partial charge in [-0.2, -0.15) is 0 Å². The zero-order chi connectivity index (χ0) is 13.0. The molecule has 1 unspecified atom stereocenters. The van der Waals surface area contributed by atoms with Gasteiger partial charge in [-0.15, -0.1) is 0 Å². The highest BCUT2D eigenvalue weighted by Gasteiger charge is 2.23. The molecule has 0 saturated carbocycles. The average Bonchev–Trinajstić information content (AvgIpc) is 2.83. The predicted octanol–water partition coefficient (Wildman–Crippen LogP) is 3.12. The number of hydrogen-bond donors (Lipinski definition) is 0. The Hall–Kier alpha value is -1.90. The Morgan fingerprint density at radius 3 is 2.83 bits per heavy atom. The van der Waals surface area contributed by atoms with Crippen LogP contribution in [0.1, 0.15) is 26.5 Å². The minimum Gasteiger partial charge on any atom is -0.329 e. The second-order valence-electron chi connectivity index (χ2n) is 4.09. The summed E-state index contributed by atoms with van der Waals surface area (Å²) in [6.45, 7) is 7.06. The van der Waals surface area contributed by atoms with Crippen LogP contribution < -0.4 is 0 Å². The molecule has 3 rings (SSSR count). The number of hydrogen-bond acceptors (Lipinski definition) is 3. The van der Waals surface area contributed by atoms with Crippen molar-refractivity contribution in [2.24, 2.45) is 4.99 Å². The lowest BCUT2D eigenvalue weighted by Gasteiger charge is -2.22. The molecule has 0 radical (unpaired) electrons. The van der Waals surface area contributed by atoms with Crippen LogP contribution >= 0.6 is 0 Å². The first-order valence-electron chi connectivity index (χ1n) is 6.49. The molecule has 2 aliphatic heterocycles. The van der Waals surface area contributed by atoms with Crippen molar-refractivity contribution in [2.75, 3.05) is 6.54 Å². The smallest absolute Gasteiger partial charge is 0.128 e. The Morgan fingerprint density at radius 2 is 2.11 bits per heavy atom. The summed E-state index contributed by atoms with van der Waals surface area (Å²) in [5.74, 6) is 1.05. The van der Waals surface area contributed by atoms with E-state index in [1.807, 2.05) is 38.2 Å². The lowest BCUT2D eigenvalue weighted by Crippen LogP contribution is -2.29. The van der Waals surface area contributed by atoms with Crippen molar-refractivity contribution in [1.29, 1.82) is 0 Å². The van der Waals surface area contributed by atoms with E-state index in [-0.39, 0.29) is 0 Å². The second-order valence-corrected chi connectivity index (χ2v) is 4.09. The van der Waals surface area contributed by atoms with Crippen LogP contribution in [0.3, 0.4) is 0 Å². The van der Waals surface area contributed by atoms with E-state index in [4.69, 9.17) is 0 Å². The molecule has 0 N–H and O–H groups in total. The molecule has 18 heavy (non-hydrogen) atoms. The standard InChI is InChI=1S/C13H13N3.C2H6/c1-10-9-15-13-8-11(5-7-16(10)13)12-4-2-3-6-14-12;1-2/h2-8,10H,9H2,1H3;1-2H3. The number of allylic oxidation sites excluding steroid dienone is 2. The van der Waals surface area contributed by atoms with Crippen molar-refractivity contribution in [3.63, 3.8) is 0 Å². The summed E-state index contributed by atoms with van der Waals surface area (Å²) in [4.78, 5) is 11.0. The first kappa shape index (κ1) is 12.6. The monoisotopic (exact) mass is 241 g/mol. The van der Waals surface area contributed by atoms with Crippen molar-refractivity contribution >= 4 is 11.4 Å². The number of rotatable bonds is 1. The summed E-state index contributed by atoms with van der Waals surface area (Å²) in [6.07, 6.45) is 8.12. The maximum absolute atomic E-state index is 4.50. The van der Waals surface area contributed by atoms with Gasteiger partial charge in [0.15, 0.2) is 0 Å². The number of fused-ring (bicyclic) bond motifs is 1. The van der Waals surface area contributed by atoms with E-state index in [1.54, 1.807) is 0 Å². The van der Waals surface area contributed by atoms with Gasteiger partial charge < -0.3 is 4.90 Å². The molecule has 0 bridgehead atoms. The maximum atomic E-state index is 4.50. The first-order chi connectivity index (χ1) is 8.84. The molecular weight excluding hydrogens is 222 g/mol. The summed E-state index contributed by atoms with van der Waals surface area (Å²) in [6, 6.07) is 6.43. The summed E-state index contributed by atoms with van der Waals surface area (Å²) in [5.41, 5.74) is 2.13. The quantitative estimate of drug-likeness (QED) is 0.755. The topological polar surface area (TPSA) is 28.5 Å². The third kappa shape index (κ3) is 2.35. The largest absolute Gasteiger partial charge is 0.329 e. The van der Waals surface area contributed by atoms with E-state index in [2.05, 4.69) is 40.2 Å².